The van der Waals surface area contributed by atoms with Gasteiger partial charge in [0.1, 0.15) is 0 Å². The summed E-state index contributed by atoms with van der Waals surface area (Å²) in [6, 6.07) is 0. The lowest BCUT2D eigenvalue weighted by Gasteiger charge is -2.33. The fourth-order valence-electron chi connectivity index (χ4n) is 2.43. The van der Waals surface area contributed by atoms with Gasteiger partial charge >= 0.3 is 5.97 Å². The van der Waals surface area contributed by atoms with Gasteiger partial charge < -0.3 is 15.4 Å². The van der Waals surface area contributed by atoms with E-state index in [1.54, 1.807) is 0 Å². The van der Waals surface area contributed by atoms with Gasteiger partial charge in [0, 0.05) is 18.9 Å². The van der Waals surface area contributed by atoms with E-state index in [-0.39, 0.29) is 17.9 Å². The Hall–Kier alpha value is -1.85. The molecule has 0 spiro atoms. The zero-order valence-electron chi connectivity index (χ0n) is 10.1. The van der Waals surface area contributed by atoms with Crippen LogP contribution in [0.5, 0.6) is 0 Å². The van der Waals surface area contributed by atoms with Crippen molar-refractivity contribution in [2.75, 3.05) is 11.9 Å². The molecule has 0 radical (unpaired) electrons. The summed E-state index contributed by atoms with van der Waals surface area (Å²) in [5, 5.41) is 12.3. The van der Waals surface area contributed by atoms with E-state index in [1.165, 1.54) is 12.4 Å². The highest BCUT2D eigenvalue weighted by Gasteiger charge is 2.39. The highest BCUT2D eigenvalue weighted by Crippen LogP contribution is 2.36. The second-order valence-corrected chi connectivity index (χ2v) is 4.77. The van der Waals surface area contributed by atoms with Gasteiger partial charge in [0.05, 0.1) is 5.41 Å². The first kappa shape index (κ1) is 12.6. The number of carboxylic acids is 1. The van der Waals surface area contributed by atoms with Crippen molar-refractivity contribution in [1.82, 2.24) is 9.97 Å². The molecule has 98 valence electrons. The molecule has 1 aromatic rings. The second kappa shape index (κ2) is 5.20. The minimum Gasteiger partial charge on any atom is -0.481 e. The fraction of sp³-hybridized carbons (Fsp3) is 0.583. The van der Waals surface area contributed by atoms with Crippen LogP contribution in [0.2, 0.25) is 0 Å². The molecule has 1 aromatic heterocycles. The highest BCUT2D eigenvalue weighted by molar-refractivity contribution is 5.75. The average Bonchev–Trinajstić information content (AvgIpc) is 2.39. The molecule has 3 N–H and O–H groups in total. The molecule has 1 saturated carbocycles. The largest absolute Gasteiger partial charge is 0.481 e. The first-order valence-electron chi connectivity index (χ1n) is 6.15. The van der Waals surface area contributed by atoms with Crippen LogP contribution >= 0.6 is 0 Å². The summed E-state index contributed by atoms with van der Waals surface area (Å²) >= 11 is 0. The van der Waals surface area contributed by atoms with E-state index in [0.717, 1.165) is 19.3 Å². The number of carbonyl (C=O) groups is 1. The summed E-state index contributed by atoms with van der Waals surface area (Å²) < 4.78 is 0. The Bertz CT molecular complexity index is 477. The molecular formula is C12H17N3O3. The minimum atomic E-state index is -0.790. The van der Waals surface area contributed by atoms with Crippen molar-refractivity contribution in [2.45, 2.75) is 32.1 Å². The number of aromatic amines is 1. The summed E-state index contributed by atoms with van der Waals surface area (Å²) in [6.07, 6.45) is 7.15. The minimum absolute atomic E-state index is 0.184. The molecule has 1 aliphatic rings. The third-order valence-corrected chi connectivity index (χ3v) is 3.57. The molecule has 18 heavy (non-hydrogen) atoms. The number of aliphatic carboxylic acids is 1. The predicted octanol–water partition coefficient (Wildman–Crippen LogP) is 1.22. The van der Waals surface area contributed by atoms with E-state index < -0.39 is 11.4 Å². The first-order valence-corrected chi connectivity index (χ1v) is 6.15. The van der Waals surface area contributed by atoms with Crippen molar-refractivity contribution in [2.24, 2.45) is 5.41 Å². The Labute approximate surface area is 104 Å². The van der Waals surface area contributed by atoms with Crippen molar-refractivity contribution in [3.63, 3.8) is 0 Å². The highest BCUT2D eigenvalue weighted by atomic mass is 16.4. The smallest absolute Gasteiger partial charge is 0.311 e. The van der Waals surface area contributed by atoms with Crippen molar-refractivity contribution >= 4 is 11.8 Å². The lowest BCUT2D eigenvalue weighted by Crippen LogP contribution is -2.40. The van der Waals surface area contributed by atoms with Gasteiger partial charge in [-0.25, -0.2) is 4.98 Å². The van der Waals surface area contributed by atoms with Gasteiger partial charge in [0.25, 0.3) is 5.56 Å². The summed E-state index contributed by atoms with van der Waals surface area (Å²) in [4.78, 5) is 29.3. The summed E-state index contributed by atoms with van der Waals surface area (Å²) in [5.74, 6) is -0.606. The van der Waals surface area contributed by atoms with Crippen LogP contribution < -0.4 is 10.9 Å². The van der Waals surface area contributed by atoms with Crippen LogP contribution in [-0.4, -0.2) is 27.6 Å². The van der Waals surface area contributed by atoms with Crippen molar-refractivity contribution < 1.29 is 9.90 Å². The molecule has 2 rings (SSSR count). The number of nitrogens with one attached hydrogen (secondary N) is 2. The van der Waals surface area contributed by atoms with E-state index in [1.807, 2.05) is 0 Å². The number of anilines is 1. The molecule has 0 saturated heterocycles. The SMILES string of the molecule is O=C(O)C1(CNc2ncc[nH]c2=O)CCCCC1. The summed E-state index contributed by atoms with van der Waals surface area (Å²) in [6.45, 7) is 0.252. The van der Waals surface area contributed by atoms with Crippen LogP contribution in [-0.2, 0) is 4.79 Å². The van der Waals surface area contributed by atoms with E-state index in [9.17, 15) is 14.7 Å². The van der Waals surface area contributed by atoms with Gasteiger partial charge in [0.15, 0.2) is 5.82 Å². The number of hydrogen-bond donors (Lipinski definition) is 3. The molecule has 1 fully saturated rings. The number of aromatic nitrogens is 2. The standard InChI is InChI=1S/C12H17N3O3/c16-10-9(13-6-7-14-10)15-8-12(11(17)18)4-2-1-3-5-12/h6-7H,1-5,8H2,(H,13,15)(H,14,16)(H,17,18). The molecule has 6 nitrogen and oxygen atoms in total. The Morgan fingerprint density at radius 3 is 2.78 bits per heavy atom. The van der Waals surface area contributed by atoms with Gasteiger partial charge in [-0.3, -0.25) is 9.59 Å². The van der Waals surface area contributed by atoms with Crippen LogP contribution in [0.4, 0.5) is 5.82 Å². The second-order valence-electron chi connectivity index (χ2n) is 4.77. The van der Waals surface area contributed by atoms with Gasteiger partial charge in [0.2, 0.25) is 0 Å². The number of carboxylic acid groups (broad SMARTS) is 1. The van der Waals surface area contributed by atoms with Crippen LogP contribution in [0.15, 0.2) is 17.2 Å². The molecule has 1 heterocycles. The third kappa shape index (κ3) is 2.52. The monoisotopic (exact) mass is 251 g/mol. The van der Waals surface area contributed by atoms with E-state index in [4.69, 9.17) is 0 Å². The van der Waals surface area contributed by atoms with Crippen molar-refractivity contribution in [3.8, 4) is 0 Å². The zero-order valence-corrected chi connectivity index (χ0v) is 10.1. The number of H-pyrrole nitrogens is 1. The van der Waals surface area contributed by atoms with Gasteiger partial charge in [-0.2, -0.15) is 0 Å². The Balaban J connectivity index is 2.09. The molecule has 0 atom stereocenters. The zero-order chi connectivity index (χ0) is 13.0. The third-order valence-electron chi connectivity index (χ3n) is 3.57. The van der Waals surface area contributed by atoms with Crippen LogP contribution in [0, 0.1) is 5.41 Å². The molecule has 0 aliphatic heterocycles. The number of rotatable bonds is 4. The maximum atomic E-state index is 11.4. The van der Waals surface area contributed by atoms with E-state index in [0.29, 0.717) is 12.8 Å². The molecule has 0 unspecified atom stereocenters. The van der Waals surface area contributed by atoms with E-state index in [2.05, 4.69) is 15.3 Å². The van der Waals surface area contributed by atoms with Crippen LogP contribution in [0.1, 0.15) is 32.1 Å². The molecule has 6 heteroatoms. The van der Waals surface area contributed by atoms with Gasteiger partial charge in [-0.1, -0.05) is 19.3 Å². The normalized spacial score (nSPS) is 18.2. The first-order chi connectivity index (χ1) is 8.64. The maximum Gasteiger partial charge on any atom is 0.311 e. The van der Waals surface area contributed by atoms with Crippen molar-refractivity contribution in [1.29, 1.82) is 0 Å². The maximum absolute atomic E-state index is 11.4. The van der Waals surface area contributed by atoms with Crippen molar-refractivity contribution in [3.05, 3.63) is 22.7 Å². The molecule has 1 aliphatic carbocycles. The summed E-state index contributed by atoms with van der Waals surface area (Å²) in [7, 11) is 0. The Kier molecular flexibility index (Phi) is 3.64. The Morgan fingerprint density at radius 2 is 2.17 bits per heavy atom. The predicted molar refractivity (Wildman–Crippen MR) is 66.5 cm³/mol. The lowest BCUT2D eigenvalue weighted by atomic mass is 9.74. The lowest BCUT2D eigenvalue weighted by molar-refractivity contribution is -0.150. The van der Waals surface area contributed by atoms with Gasteiger partial charge in [-0.05, 0) is 12.8 Å². The molecule has 0 bridgehead atoms. The van der Waals surface area contributed by atoms with E-state index >= 15 is 0 Å². The van der Waals surface area contributed by atoms with Crippen LogP contribution in [0.25, 0.3) is 0 Å². The average molecular weight is 251 g/mol. The molecule has 0 aromatic carbocycles. The molecule has 0 amide bonds. The quantitative estimate of drug-likeness (QED) is 0.747. The Morgan fingerprint density at radius 1 is 1.44 bits per heavy atom. The topological polar surface area (TPSA) is 95.1 Å². The number of nitrogens with zero attached hydrogens (tertiary/aromatic N) is 1. The molecular weight excluding hydrogens is 234 g/mol. The number of hydrogen-bond acceptors (Lipinski definition) is 4. The fourth-order valence-corrected chi connectivity index (χ4v) is 2.43. The summed E-state index contributed by atoms with van der Waals surface area (Å²) in [5.41, 5.74) is -1.09. The van der Waals surface area contributed by atoms with Gasteiger partial charge in [-0.15, -0.1) is 0 Å². The van der Waals surface area contributed by atoms with Crippen LogP contribution in [0.3, 0.4) is 0 Å².